The Balaban J connectivity index is 2.18. The van der Waals surface area contributed by atoms with E-state index < -0.39 is 0 Å². The molecule has 2 unspecified atom stereocenters. The number of ether oxygens (including phenoxy) is 1. The molecular weight excluding hydrogens is 156 g/mol. The van der Waals surface area contributed by atoms with Gasteiger partial charge in [-0.2, -0.15) is 0 Å². The Morgan fingerprint density at radius 3 is 2.92 bits per heavy atom. The third-order valence-electron chi connectivity index (χ3n) is 2.07. The van der Waals surface area contributed by atoms with Gasteiger partial charge in [0, 0.05) is 12.1 Å². The molecule has 1 aliphatic carbocycles. The second kappa shape index (κ2) is 4.30. The van der Waals surface area contributed by atoms with Crippen LogP contribution in [0, 0.1) is 0 Å². The molecule has 0 heterocycles. The van der Waals surface area contributed by atoms with Crippen LogP contribution < -0.4 is 11.1 Å². The first-order chi connectivity index (χ1) is 5.72. The van der Waals surface area contributed by atoms with Crippen molar-refractivity contribution in [1.82, 2.24) is 5.32 Å². The molecule has 1 amide bonds. The zero-order valence-electron chi connectivity index (χ0n) is 7.38. The minimum Gasteiger partial charge on any atom is -0.450 e. The number of rotatable bonds is 2. The van der Waals surface area contributed by atoms with E-state index in [1.165, 1.54) is 0 Å². The highest BCUT2D eigenvalue weighted by atomic mass is 16.5. The van der Waals surface area contributed by atoms with Crippen molar-refractivity contribution >= 4 is 6.09 Å². The highest BCUT2D eigenvalue weighted by Gasteiger charge is 2.23. The average molecular weight is 172 g/mol. The van der Waals surface area contributed by atoms with Crippen molar-refractivity contribution in [3.8, 4) is 0 Å². The summed E-state index contributed by atoms with van der Waals surface area (Å²) in [6.45, 7) is 2.21. The Hall–Kier alpha value is -0.770. The highest BCUT2D eigenvalue weighted by molar-refractivity contribution is 5.67. The molecule has 0 aliphatic heterocycles. The van der Waals surface area contributed by atoms with E-state index in [4.69, 9.17) is 10.5 Å². The van der Waals surface area contributed by atoms with Gasteiger partial charge in [0.2, 0.25) is 0 Å². The van der Waals surface area contributed by atoms with Crippen molar-refractivity contribution < 1.29 is 9.53 Å². The smallest absolute Gasteiger partial charge is 0.407 e. The molecule has 4 heteroatoms. The number of alkyl carbamates (subject to hydrolysis) is 1. The summed E-state index contributed by atoms with van der Waals surface area (Å²) in [4.78, 5) is 10.9. The van der Waals surface area contributed by atoms with Gasteiger partial charge in [0.25, 0.3) is 0 Å². The molecule has 0 aromatic rings. The Labute approximate surface area is 72.5 Å². The van der Waals surface area contributed by atoms with E-state index in [0.29, 0.717) is 6.61 Å². The summed E-state index contributed by atoms with van der Waals surface area (Å²) in [5.74, 6) is 0. The molecule has 1 fully saturated rings. The minimum atomic E-state index is -0.323. The molecule has 0 radical (unpaired) electrons. The summed E-state index contributed by atoms with van der Waals surface area (Å²) < 4.78 is 4.75. The van der Waals surface area contributed by atoms with E-state index in [2.05, 4.69) is 5.32 Å². The summed E-state index contributed by atoms with van der Waals surface area (Å²) >= 11 is 0. The molecule has 0 bridgehead atoms. The van der Waals surface area contributed by atoms with Crippen LogP contribution >= 0.6 is 0 Å². The van der Waals surface area contributed by atoms with Gasteiger partial charge in [-0.15, -0.1) is 0 Å². The van der Waals surface area contributed by atoms with Crippen LogP contribution in [0.2, 0.25) is 0 Å². The van der Waals surface area contributed by atoms with Crippen LogP contribution in [0.15, 0.2) is 0 Å². The van der Waals surface area contributed by atoms with Crippen LogP contribution in [0.25, 0.3) is 0 Å². The molecule has 70 valence electrons. The van der Waals surface area contributed by atoms with Crippen molar-refractivity contribution in [3.63, 3.8) is 0 Å². The van der Waals surface area contributed by atoms with E-state index in [1.54, 1.807) is 6.92 Å². The highest BCUT2D eigenvalue weighted by Crippen LogP contribution is 2.16. The quantitative estimate of drug-likeness (QED) is 0.641. The third-order valence-corrected chi connectivity index (χ3v) is 2.07. The summed E-state index contributed by atoms with van der Waals surface area (Å²) in [5.41, 5.74) is 5.68. The maximum absolute atomic E-state index is 10.9. The van der Waals surface area contributed by atoms with Crippen LogP contribution in [0.1, 0.15) is 26.2 Å². The van der Waals surface area contributed by atoms with Crippen LogP contribution in [-0.4, -0.2) is 24.8 Å². The van der Waals surface area contributed by atoms with Crippen LogP contribution in [-0.2, 0) is 4.74 Å². The van der Waals surface area contributed by atoms with E-state index in [-0.39, 0.29) is 18.2 Å². The zero-order valence-corrected chi connectivity index (χ0v) is 7.38. The van der Waals surface area contributed by atoms with Crippen molar-refractivity contribution in [2.75, 3.05) is 6.61 Å². The Kier molecular flexibility index (Phi) is 3.34. The number of hydrogen-bond donors (Lipinski definition) is 2. The average Bonchev–Trinajstić information content (AvgIpc) is 2.36. The second-order valence-corrected chi connectivity index (χ2v) is 3.13. The third kappa shape index (κ3) is 2.70. The monoisotopic (exact) mass is 172 g/mol. The summed E-state index contributed by atoms with van der Waals surface area (Å²) in [6.07, 6.45) is 2.52. The van der Waals surface area contributed by atoms with Gasteiger partial charge in [-0.3, -0.25) is 0 Å². The molecule has 1 saturated carbocycles. The summed E-state index contributed by atoms with van der Waals surface area (Å²) in [5, 5.41) is 2.77. The van der Waals surface area contributed by atoms with Gasteiger partial charge in [0.15, 0.2) is 0 Å². The molecule has 0 spiro atoms. The maximum Gasteiger partial charge on any atom is 0.407 e. The number of amides is 1. The first-order valence-corrected chi connectivity index (χ1v) is 4.41. The Morgan fingerprint density at radius 1 is 1.67 bits per heavy atom. The largest absolute Gasteiger partial charge is 0.450 e. The lowest BCUT2D eigenvalue weighted by Gasteiger charge is -2.11. The fourth-order valence-electron chi connectivity index (χ4n) is 1.49. The van der Waals surface area contributed by atoms with Gasteiger partial charge in [-0.05, 0) is 26.2 Å². The normalized spacial score (nSPS) is 28.5. The van der Waals surface area contributed by atoms with E-state index >= 15 is 0 Å². The van der Waals surface area contributed by atoms with E-state index in [9.17, 15) is 4.79 Å². The molecule has 2 atom stereocenters. The lowest BCUT2D eigenvalue weighted by atomic mass is 10.2. The maximum atomic E-state index is 10.9. The molecule has 1 aliphatic rings. The fraction of sp³-hybridized carbons (Fsp3) is 0.875. The molecule has 0 aromatic heterocycles. The molecule has 4 nitrogen and oxygen atoms in total. The minimum absolute atomic E-state index is 0.221. The number of carbonyl (C=O) groups is 1. The van der Waals surface area contributed by atoms with E-state index in [1.807, 2.05) is 0 Å². The second-order valence-electron chi connectivity index (χ2n) is 3.13. The van der Waals surface area contributed by atoms with Crippen LogP contribution in [0.3, 0.4) is 0 Å². The van der Waals surface area contributed by atoms with Crippen molar-refractivity contribution in [2.45, 2.75) is 38.3 Å². The van der Waals surface area contributed by atoms with Gasteiger partial charge in [-0.1, -0.05) is 0 Å². The number of nitrogens with two attached hydrogens (primary N) is 1. The predicted octanol–water partition coefficient (Wildman–Crippen LogP) is 0.612. The van der Waals surface area contributed by atoms with Gasteiger partial charge < -0.3 is 15.8 Å². The summed E-state index contributed by atoms with van der Waals surface area (Å²) in [6, 6.07) is 0.468. The number of nitrogens with one attached hydrogen (secondary N) is 1. The molecule has 3 N–H and O–H groups in total. The van der Waals surface area contributed by atoms with Crippen molar-refractivity contribution in [1.29, 1.82) is 0 Å². The molecule has 0 saturated heterocycles. The summed E-state index contributed by atoms with van der Waals surface area (Å²) in [7, 11) is 0. The topological polar surface area (TPSA) is 64.3 Å². The Morgan fingerprint density at radius 2 is 2.42 bits per heavy atom. The van der Waals surface area contributed by atoms with Crippen molar-refractivity contribution in [2.24, 2.45) is 5.73 Å². The predicted molar refractivity (Wildman–Crippen MR) is 45.8 cm³/mol. The van der Waals surface area contributed by atoms with Gasteiger partial charge in [0.05, 0.1) is 6.61 Å². The molecule has 1 rings (SSSR count). The number of carbonyl (C=O) groups excluding carboxylic acids is 1. The number of hydrogen-bond acceptors (Lipinski definition) is 3. The van der Waals surface area contributed by atoms with Gasteiger partial charge in [0.1, 0.15) is 0 Å². The van der Waals surface area contributed by atoms with Gasteiger partial charge in [-0.25, -0.2) is 4.79 Å². The molecule has 12 heavy (non-hydrogen) atoms. The zero-order chi connectivity index (χ0) is 8.97. The Bertz CT molecular complexity index is 161. The van der Waals surface area contributed by atoms with Crippen LogP contribution in [0.5, 0.6) is 0 Å². The van der Waals surface area contributed by atoms with Crippen molar-refractivity contribution in [3.05, 3.63) is 0 Å². The SMILES string of the molecule is CCOC(=O)NC1CCC(N)C1. The van der Waals surface area contributed by atoms with E-state index in [0.717, 1.165) is 19.3 Å². The fourth-order valence-corrected chi connectivity index (χ4v) is 1.49. The standard InChI is InChI=1S/C8H16N2O2/c1-2-12-8(11)10-7-4-3-6(9)5-7/h6-7H,2-5,9H2,1H3,(H,10,11). The lowest BCUT2D eigenvalue weighted by Crippen LogP contribution is -2.34. The first kappa shape index (κ1) is 9.32. The van der Waals surface area contributed by atoms with Crippen LogP contribution in [0.4, 0.5) is 4.79 Å². The molecule has 0 aromatic carbocycles. The first-order valence-electron chi connectivity index (χ1n) is 4.41. The lowest BCUT2D eigenvalue weighted by molar-refractivity contribution is 0.148. The molecular formula is C8H16N2O2. The van der Waals surface area contributed by atoms with Gasteiger partial charge >= 0.3 is 6.09 Å².